The normalized spacial score (nSPS) is 23.2. The van der Waals surface area contributed by atoms with Crippen LogP contribution in [0.1, 0.15) is 13.3 Å². The van der Waals surface area contributed by atoms with Crippen molar-refractivity contribution in [3.63, 3.8) is 0 Å². The predicted octanol–water partition coefficient (Wildman–Crippen LogP) is 1.56. The fraction of sp³-hybridized carbons (Fsp3) is 0.500. The molecule has 1 aliphatic rings. The number of benzene rings is 1. The summed E-state index contributed by atoms with van der Waals surface area (Å²) in [6.07, 6.45) is 0.327. The van der Waals surface area contributed by atoms with E-state index in [0.29, 0.717) is 19.0 Å². The van der Waals surface area contributed by atoms with Crippen LogP contribution in [0, 0.1) is 5.82 Å². The Morgan fingerprint density at radius 3 is 2.79 bits per heavy atom. The van der Waals surface area contributed by atoms with Crippen LogP contribution in [0.15, 0.2) is 24.3 Å². The van der Waals surface area contributed by atoms with Crippen LogP contribution in [0.3, 0.4) is 0 Å². The third-order valence-corrected chi connectivity index (χ3v) is 3.40. The molecule has 0 aliphatic carbocycles. The van der Waals surface area contributed by atoms with Crippen LogP contribution in [-0.2, 0) is 9.53 Å². The second-order valence-corrected chi connectivity index (χ2v) is 4.87. The lowest BCUT2D eigenvalue weighted by atomic mass is 10.1. The van der Waals surface area contributed by atoms with E-state index in [1.54, 1.807) is 12.1 Å². The summed E-state index contributed by atoms with van der Waals surface area (Å²) in [5, 5.41) is 3.35. The highest BCUT2D eigenvalue weighted by atomic mass is 19.1. The Morgan fingerprint density at radius 2 is 2.16 bits per heavy atom. The van der Waals surface area contributed by atoms with E-state index in [0.717, 1.165) is 12.2 Å². The number of ether oxygens (including phenoxy) is 1. The van der Waals surface area contributed by atoms with Crippen LogP contribution in [0.4, 0.5) is 10.1 Å². The third kappa shape index (κ3) is 3.44. The number of nitrogens with one attached hydrogen (secondary N) is 1. The smallest absolute Gasteiger partial charge is 0.307 e. The Morgan fingerprint density at radius 1 is 1.47 bits per heavy atom. The van der Waals surface area contributed by atoms with Crippen LogP contribution >= 0.6 is 0 Å². The van der Waals surface area contributed by atoms with Gasteiger partial charge in [0.1, 0.15) is 5.82 Å². The molecule has 5 heteroatoms. The molecule has 0 spiro atoms. The number of hydrogen-bond acceptors (Lipinski definition) is 4. The van der Waals surface area contributed by atoms with E-state index in [1.807, 2.05) is 0 Å². The number of carbonyl (C=O) groups excluding carboxylic acids is 1. The summed E-state index contributed by atoms with van der Waals surface area (Å²) in [5.74, 6) is -0.482. The number of carbonyl (C=O) groups is 1. The molecule has 0 saturated carbocycles. The van der Waals surface area contributed by atoms with E-state index >= 15 is 0 Å². The molecule has 4 nitrogen and oxygen atoms in total. The Balaban J connectivity index is 2.16. The van der Waals surface area contributed by atoms with Crippen LogP contribution in [0.25, 0.3) is 0 Å². The molecular weight excluding hydrogens is 247 g/mol. The third-order valence-electron chi connectivity index (χ3n) is 3.40. The fourth-order valence-electron chi connectivity index (χ4n) is 2.36. The number of anilines is 1. The molecule has 0 amide bonds. The summed E-state index contributed by atoms with van der Waals surface area (Å²) in [6, 6.07) is 6.75. The average Bonchev–Trinajstić information content (AvgIpc) is 2.41. The molecule has 0 aromatic heterocycles. The van der Waals surface area contributed by atoms with E-state index in [2.05, 4.69) is 17.1 Å². The minimum atomic E-state index is -0.253. The van der Waals surface area contributed by atoms with Gasteiger partial charge in [0.2, 0.25) is 0 Å². The van der Waals surface area contributed by atoms with E-state index < -0.39 is 0 Å². The fourth-order valence-corrected chi connectivity index (χ4v) is 2.36. The Labute approximate surface area is 112 Å². The number of esters is 1. The zero-order valence-electron chi connectivity index (χ0n) is 11.2. The maximum Gasteiger partial charge on any atom is 0.307 e. The summed E-state index contributed by atoms with van der Waals surface area (Å²) in [5.41, 5.74) is 0.934. The maximum absolute atomic E-state index is 13.0. The van der Waals surface area contributed by atoms with Gasteiger partial charge in [-0.2, -0.15) is 0 Å². The highest BCUT2D eigenvalue weighted by Crippen LogP contribution is 2.22. The Bertz CT molecular complexity index is 436. The second kappa shape index (κ2) is 6.02. The monoisotopic (exact) mass is 266 g/mol. The van der Waals surface area contributed by atoms with Gasteiger partial charge in [0.05, 0.1) is 19.6 Å². The first-order valence-electron chi connectivity index (χ1n) is 6.42. The lowest BCUT2D eigenvalue weighted by Gasteiger charge is -2.40. The van der Waals surface area contributed by atoms with Crippen molar-refractivity contribution in [2.45, 2.75) is 25.4 Å². The average molecular weight is 266 g/mol. The lowest BCUT2D eigenvalue weighted by Crippen LogP contribution is -2.56. The van der Waals surface area contributed by atoms with Crippen molar-refractivity contribution in [3.05, 3.63) is 30.1 Å². The van der Waals surface area contributed by atoms with Gasteiger partial charge in [-0.25, -0.2) is 4.39 Å². The van der Waals surface area contributed by atoms with Crippen LogP contribution < -0.4 is 10.2 Å². The van der Waals surface area contributed by atoms with Gasteiger partial charge in [0.15, 0.2) is 0 Å². The van der Waals surface area contributed by atoms with Gasteiger partial charge in [-0.05, 0) is 31.2 Å². The molecule has 1 aliphatic heterocycles. The highest BCUT2D eigenvalue weighted by Gasteiger charge is 2.28. The van der Waals surface area contributed by atoms with Gasteiger partial charge < -0.3 is 15.0 Å². The summed E-state index contributed by atoms with van der Waals surface area (Å²) in [4.78, 5) is 13.6. The van der Waals surface area contributed by atoms with Gasteiger partial charge in [-0.1, -0.05) is 0 Å². The van der Waals surface area contributed by atoms with Gasteiger partial charge in [-0.15, -0.1) is 0 Å². The molecule has 2 atom stereocenters. The summed E-state index contributed by atoms with van der Waals surface area (Å²) < 4.78 is 17.7. The van der Waals surface area contributed by atoms with Crippen molar-refractivity contribution in [2.75, 3.05) is 25.1 Å². The maximum atomic E-state index is 13.0. The predicted molar refractivity (Wildman–Crippen MR) is 71.6 cm³/mol. The minimum absolute atomic E-state index is 0.0362. The first kappa shape index (κ1) is 13.8. The highest BCUT2D eigenvalue weighted by molar-refractivity contribution is 5.71. The van der Waals surface area contributed by atoms with Crippen molar-refractivity contribution in [3.8, 4) is 0 Å². The molecule has 1 N–H and O–H groups in total. The molecule has 2 unspecified atom stereocenters. The minimum Gasteiger partial charge on any atom is -0.469 e. The molecule has 1 heterocycles. The molecule has 0 bridgehead atoms. The summed E-state index contributed by atoms with van der Waals surface area (Å²) >= 11 is 0. The standard InChI is InChI=1S/C14H19FN2O2/c1-10-9-17(12-5-3-11(15)4-6-12)13(8-16-10)7-14(18)19-2/h3-6,10,13,16H,7-9H2,1-2H3. The Kier molecular flexibility index (Phi) is 4.37. The van der Waals surface area contributed by atoms with Gasteiger partial charge in [0, 0.05) is 24.8 Å². The first-order valence-corrected chi connectivity index (χ1v) is 6.42. The van der Waals surface area contributed by atoms with Crippen molar-refractivity contribution < 1.29 is 13.9 Å². The zero-order chi connectivity index (χ0) is 13.8. The molecule has 0 radical (unpaired) electrons. The van der Waals surface area contributed by atoms with Gasteiger partial charge >= 0.3 is 5.97 Å². The number of rotatable bonds is 3. The number of piperazine rings is 1. The van der Waals surface area contributed by atoms with Gasteiger partial charge in [-0.3, -0.25) is 4.79 Å². The lowest BCUT2D eigenvalue weighted by molar-refractivity contribution is -0.141. The number of nitrogens with zero attached hydrogens (tertiary/aromatic N) is 1. The van der Waals surface area contributed by atoms with Crippen molar-refractivity contribution in [1.29, 1.82) is 0 Å². The SMILES string of the molecule is COC(=O)CC1CNC(C)CN1c1ccc(F)cc1. The van der Waals surface area contributed by atoms with Crippen molar-refractivity contribution in [2.24, 2.45) is 0 Å². The van der Waals surface area contributed by atoms with Crippen LogP contribution in [0.2, 0.25) is 0 Å². The molecule has 2 rings (SSSR count). The number of hydrogen-bond donors (Lipinski definition) is 1. The van der Waals surface area contributed by atoms with E-state index in [4.69, 9.17) is 4.74 Å². The molecule has 104 valence electrons. The van der Waals surface area contributed by atoms with Crippen molar-refractivity contribution >= 4 is 11.7 Å². The quantitative estimate of drug-likeness (QED) is 0.843. The van der Waals surface area contributed by atoms with Crippen LogP contribution in [-0.4, -0.2) is 38.3 Å². The Hall–Kier alpha value is -1.62. The second-order valence-electron chi connectivity index (χ2n) is 4.87. The number of halogens is 1. The zero-order valence-corrected chi connectivity index (χ0v) is 11.2. The molecule has 1 aromatic carbocycles. The van der Waals surface area contributed by atoms with E-state index in [-0.39, 0.29) is 17.8 Å². The van der Waals surface area contributed by atoms with E-state index in [9.17, 15) is 9.18 Å². The topological polar surface area (TPSA) is 41.6 Å². The number of methoxy groups -OCH3 is 1. The van der Waals surface area contributed by atoms with Crippen LogP contribution in [0.5, 0.6) is 0 Å². The first-order chi connectivity index (χ1) is 9.10. The molecular formula is C14H19FN2O2. The largest absolute Gasteiger partial charge is 0.469 e. The molecule has 1 fully saturated rings. The molecule has 19 heavy (non-hydrogen) atoms. The summed E-state index contributed by atoms with van der Waals surface area (Å²) in [6.45, 7) is 3.59. The van der Waals surface area contributed by atoms with E-state index in [1.165, 1.54) is 19.2 Å². The van der Waals surface area contributed by atoms with Crippen molar-refractivity contribution in [1.82, 2.24) is 5.32 Å². The molecule has 1 saturated heterocycles. The molecule has 1 aromatic rings. The summed E-state index contributed by atoms with van der Waals surface area (Å²) in [7, 11) is 1.39. The van der Waals surface area contributed by atoms with Gasteiger partial charge in [0.25, 0.3) is 0 Å².